The van der Waals surface area contributed by atoms with Gasteiger partial charge in [-0.25, -0.2) is 4.68 Å². The number of hydrogen-bond donors (Lipinski definition) is 0. The molecule has 5 nitrogen and oxygen atoms in total. The maximum Gasteiger partial charge on any atom is 0.253 e. The lowest BCUT2D eigenvalue weighted by molar-refractivity contribution is 0.0628. The number of aromatic nitrogens is 2. The lowest BCUT2D eigenvalue weighted by Crippen LogP contribution is -2.48. The zero-order chi connectivity index (χ0) is 18.6. The molecule has 4 rings (SSSR count). The first-order chi connectivity index (χ1) is 13.2. The number of hydrogen-bond acceptors (Lipinski definition) is 3. The molecule has 6 heteroatoms. The molecule has 1 aromatic heterocycles. The number of para-hydroxylation sites is 1. The van der Waals surface area contributed by atoms with Crippen LogP contribution in [0.1, 0.15) is 15.9 Å². The third kappa shape index (κ3) is 4.21. The van der Waals surface area contributed by atoms with E-state index in [1.807, 2.05) is 58.2 Å². The summed E-state index contributed by atoms with van der Waals surface area (Å²) in [6.45, 7) is 3.98. The van der Waals surface area contributed by atoms with E-state index in [4.69, 9.17) is 11.6 Å². The van der Waals surface area contributed by atoms with Crippen LogP contribution in [0.4, 0.5) is 0 Å². The van der Waals surface area contributed by atoms with Crippen LogP contribution in [0.2, 0.25) is 5.02 Å². The average Bonchev–Trinajstić information content (AvgIpc) is 3.17. The molecule has 1 amide bonds. The first-order valence-electron chi connectivity index (χ1n) is 9.05. The van der Waals surface area contributed by atoms with Crippen molar-refractivity contribution in [3.8, 4) is 5.69 Å². The van der Waals surface area contributed by atoms with Crippen LogP contribution in [0.5, 0.6) is 0 Å². The van der Waals surface area contributed by atoms with E-state index in [9.17, 15) is 4.79 Å². The zero-order valence-corrected chi connectivity index (χ0v) is 15.7. The second-order valence-corrected chi connectivity index (χ2v) is 7.14. The highest BCUT2D eigenvalue weighted by Gasteiger charge is 2.22. The van der Waals surface area contributed by atoms with Crippen molar-refractivity contribution in [2.75, 3.05) is 26.2 Å². The Hall–Kier alpha value is -2.63. The van der Waals surface area contributed by atoms with Crippen molar-refractivity contribution >= 4 is 17.5 Å². The number of halogens is 1. The summed E-state index contributed by atoms with van der Waals surface area (Å²) in [6, 6.07) is 17.2. The molecule has 1 fully saturated rings. The summed E-state index contributed by atoms with van der Waals surface area (Å²) in [4.78, 5) is 16.9. The van der Waals surface area contributed by atoms with Gasteiger partial charge in [0.1, 0.15) is 0 Å². The standard InChI is InChI=1S/C21H21ClN4O/c22-19-6-4-5-18(13-19)21(27)25-11-9-24(10-12-25)15-17-14-23-26(16-17)20-7-2-1-3-8-20/h1-8,13-14,16H,9-12,15H2. The molecule has 138 valence electrons. The molecule has 0 atom stereocenters. The Labute approximate surface area is 163 Å². The normalized spacial score (nSPS) is 15.1. The van der Waals surface area contributed by atoms with Gasteiger partial charge in [0.2, 0.25) is 0 Å². The molecule has 0 radical (unpaired) electrons. The van der Waals surface area contributed by atoms with E-state index in [1.165, 1.54) is 5.56 Å². The predicted molar refractivity (Wildman–Crippen MR) is 106 cm³/mol. The van der Waals surface area contributed by atoms with Crippen LogP contribution >= 0.6 is 11.6 Å². The fraction of sp³-hybridized carbons (Fsp3) is 0.238. The minimum Gasteiger partial charge on any atom is -0.336 e. The number of piperazine rings is 1. The summed E-state index contributed by atoms with van der Waals surface area (Å²) < 4.78 is 1.90. The quantitative estimate of drug-likeness (QED) is 0.695. The van der Waals surface area contributed by atoms with E-state index in [1.54, 1.807) is 12.1 Å². The molecular weight excluding hydrogens is 360 g/mol. The van der Waals surface area contributed by atoms with Crippen molar-refractivity contribution in [1.82, 2.24) is 19.6 Å². The van der Waals surface area contributed by atoms with E-state index in [2.05, 4.69) is 16.2 Å². The summed E-state index contributed by atoms with van der Waals surface area (Å²) in [7, 11) is 0. The van der Waals surface area contributed by atoms with Crippen molar-refractivity contribution < 1.29 is 4.79 Å². The van der Waals surface area contributed by atoms with Gasteiger partial charge in [-0.1, -0.05) is 35.9 Å². The highest BCUT2D eigenvalue weighted by molar-refractivity contribution is 6.30. The van der Waals surface area contributed by atoms with Crippen LogP contribution in [0.25, 0.3) is 5.69 Å². The molecule has 1 saturated heterocycles. The first kappa shape index (κ1) is 17.8. The van der Waals surface area contributed by atoms with Crippen LogP contribution in [0, 0.1) is 0 Å². The van der Waals surface area contributed by atoms with Gasteiger partial charge < -0.3 is 4.90 Å². The van der Waals surface area contributed by atoms with Crippen LogP contribution < -0.4 is 0 Å². The monoisotopic (exact) mass is 380 g/mol. The van der Waals surface area contributed by atoms with Crippen LogP contribution in [-0.2, 0) is 6.54 Å². The van der Waals surface area contributed by atoms with Crippen molar-refractivity contribution in [2.24, 2.45) is 0 Å². The van der Waals surface area contributed by atoms with Gasteiger partial charge in [0, 0.05) is 55.1 Å². The van der Waals surface area contributed by atoms with Gasteiger partial charge in [0.25, 0.3) is 5.91 Å². The third-order valence-electron chi connectivity index (χ3n) is 4.79. The Morgan fingerprint density at radius 1 is 1.00 bits per heavy atom. The number of nitrogens with zero attached hydrogens (tertiary/aromatic N) is 4. The van der Waals surface area contributed by atoms with Gasteiger partial charge in [0.05, 0.1) is 11.9 Å². The highest BCUT2D eigenvalue weighted by atomic mass is 35.5. The summed E-state index contributed by atoms with van der Waals surface area (Å²) in [5.41, 5.74) is 2.88. The summed E-state index contributed by atoms with van der Waals surface area (Å²) >= 11 is 6.00. The predicted octanol–water partition coefficient (Wildman–Crippen LogP) is 3.48. The topological polar surface area (TPSA) is 41.4 Å². The molecule has 0 N–H and O–H groups in total. The van der Waals surface area contributed by atoms with Crippen molar-refractivity contribution in [3.63, 3.8) is 0 Å². The molecule has 1 aliphatic heterocycles. The van der Waals surface area contributed by atoms with Gasteiger partial charge in [-0.2, -0.15) is 5.10 Å². The molecule has 2 heterocycles. The van der Waals surface area contributed by atoms with E-state index >= 15 is 0 Å². The molecule has 27 heavy (non-hydrogen) atoms. The summed E-state index contributed by atoms with van der Waals surface area (Å²) in [5.74, 6) is 0.0500. The van der Waals surface area contributed by atoms with Crippen LogP contribution in [-0.4, -0.2) is 51.7 Å². The number of amides is 1. The van der Waals surface area contributed by atoms with Crippen LogP contribution in [0.3, 0.4) is 0 Å². The Kier molecular flexibility index (Phi) is 5.23. The largest absolute Gasteiger partial charge is 0.336 e. The molecule has 0 unspecified atom stereocenters. The van der Waals surface area contributed by atoms with E-state index in [0.717, 1.165) is 38.4 Å². The molecule has 0 saturated carbocycles. The Morgan fingerprint density at radius 2 is 1.78 bits per heavy atom. The third-order valence-corrected chi connectivity index (χ3v) is 5.03. The smallest absolute Gasteiger partial charge is 0.253 e. The summed E-state index contributed by atoms with van der Waals surface area (Å²) in [5, 5.41) is 5.05. The van der Waals surface area contributed by atoms with Crippen molar-refractivity contribution in [3.05, 3.63) is 83.1 Å². The maximum absolute atomic E-state index is 12.6. The fourth-order valence-corrected chi connectivity index (χ4v) is 3.53. The number of benzene rings is 2. The van der Waals surface area contributed by atoms with Gasteiger partial charge in [-0.05, 0) is 30.3 Å². The fourth-order valence-electron chi connectivity index (χ4n) is 3.34. The second kappa shape index (κ2) is 7.94. The minimum atomic E-state index is 0.0500. The molecule has 2 aromatic carbocycles. The highest BCUT2D eigenvalue weighted by Crippen LogP contribution is 2.15. The van der Waals surface area contributed by atoms with E-state index in [-0.39, 0.29) is 5.91 Å². The number of carbonyl (C=O) groups excluding carboxylic acids is 1. The van der Waals surface area contributed by atoms with Gasteiger partial charge >= 0.3 is 0 Å². The van der Waals surface area contributed by atoms with Crippen LogP contribution in [0.15, 0.2) is 67.0 Å². The zero-order valence-electron chi connectivity index (χ0n) is 15.0. The van der Waals surface area contributed by atoms with E-state index < -0.39 is 0 Å². The van der Waals surface area contributed by atoms with Crippen molar-refractivity contribution in [1.29, 1.82) is 0 Å². The lowest BCUT2D eigenvalue weighted by Gasteiger charge is -2.34. The number of rotatable bonds is 4. The maximum atomic E-state index is 12.6. The molecular formula is C21H21ClN4O. The Morgan fingerprint density at radius 3 is 2.52 bits per heavy atom. The Bertz CT molecular complexity index is 917. The molecule has 1 aliphatic rings. The second-order valence-electron chi connectivity index (χ2n) is 6.71. The first-order valence-corrected chi connectivity index (χ1v) is 9.43. The van der Waals surface area contributed by atoms with Gasteiger partial charge in [-0.3, -0.25) is 9.69 Å². The van der Waals surface area contributed by atoms with Crippen molar-refractivity contribution in [2.45, 2.75) is 6.54 Å². The number of carbonyl (C=O) groups is 1. The lowest BCUT2D eigenvalue weighted by atomic mass is 10.2. The molecule has 3 aromatic rings. The molecule has 0 spiro atoms. The molecule has 0 bridgehead atoms. The average molecular weight is 381 g/mol. The van der Waals surface area contributed by atoms with Gasteiger partial charge in [-0.15, -0.1) is 0 Å². The summed E-state index contributed by atoms with van der Waals surface area (Å²) in [6.07, 6.45) is 3.98. The molecule has 0 aliphatic carbocycles. The van der Waals surface area contributed by atoms with E-state index in [0.29, 0.717) is 10.6 Å². The Balaban J connectivity index is 1.33. The SMILES string of the molecule is O=C(c1cccc(Cl)c1)N1CCN(Cc2cnn(-c3ccccc3)c2)CC1. The van der Waals surface area contributed by atoms with Gasteiger partial charge in [0.15, 0.2) is 0 Å². The minimum absolute atomic E-state index is 0.0500.